The molecule has 1 aromatic carbocycles. The summed E-state index contributed by atoms with van der Waals surface area (Å²) in [4.78, 5) is 11.9. The zero-order valence-electron chi connectivity index (χ0n) is 9.13. The third kappa shape index (κ3) is 1.96. The summed E-state index contributed by atoms with van der Waals surface area (Å²) in [6, 6.07) is 5.53. The van der Waals surface area contributed by atoms with Crippen LogP contribution in [0.1, 0.15) is 35.7 Å². The first-order valence-corrected chi connectivity index (χ1v) is 5.19. The lowest BCUT2D eigenvalue weighted by Gasteiger charge is -2.13. The highest BCUT2D eigenvalue weighted by molar-refractivity contribution is 6.00. The molecule has 0 bridgehead atoms. The smallest absolute Gasteiger partial charge is 0.253 e. The molecule has 3 nitrogen and oxygen atoms in total. The van der Waals surface area contributed by atoms with Crippen LogP contribution in [0.25, 0.3) is 0 Å². The van der Waals surface area contributed by atoms with Crippen LogP contribution in [0.4, 0.5) is 5.69 Å². The van der Waals surface area contributed by atoms with Gasteiger partial charge < -0.3 is 11.1 Å². The normalized spacial score (nSPS) is 17.2. The number of hydrogen-bond acceptors (Lipinski definition) is 2. The van der Waals surface area contributed by atoms with Crippen LogP contribution in [0.5, 0.6) is 0 Å². The zero-order valence-corrected chi connectivity index (χ0v) is 9.13. The summed E-state index contributed by atoms with van der Waals surface area (Å²) in [5, 5.41) is 3.00. The molecule has 1 fully saturated rings. The van der Waals surface area contributed by atoms with E-state index in [9.17, 15) is 4.79 Å². The van der Waals surface area contributed by atoms with Gasteiger partial charge in [-0.15, -0.1) is 0 Å². The van der Waals surface area contributed by atoms with Crippen molar-refractivity contribution in [1.29, 1.82) is 0 Å². The van der Waals surface area contributed by atoms with Crippen molar-refractivity contribution >= 4 is 11.6 Å². The molecule has 1 aromatic rings. The fourth-order valence-corrected chi connectivity index (χ4v) is 1.53. The van der Waals surface area contributed by atoms with Crippen molar-refractivity contribution in [3.05, 3.63) is 29.3 Å². The van der Waals surface area contributed by atoms with Crippen LogP contribution in [0, 0.1) is 6.92 Å². The molecule has 0 spiro atoms. The van der Waals surface area contributed by atoms with Crippen LogP contribution in [0.2, 0.25) is 0 Å². The number of carbonyl (C=O) groups is 1. The third-order valence-electron chi connectivity index (χ3n) is 2.98. The Labute approximate surface area is 89.7 Å². The average molecular weight is 204 g/mol. The standard InChI is InChI=1S/C12H16N2O/c1-8-4-3-5-9(10(8)13)11(15)14-12(2)6-7-12/h3-5H,6-7,13H2,1-2H3,(H,14,15). The van der Waals surface area contributed by atoms with Gasteiger partial charge in [0.05, 0.1) is 5.56 Å². The van der Waals surface area contributed by atoms with E-state index >= 15 is 0 Å². The largest absolute Gasteiger partial charge is 0.398 e. The first-order valence-electron chi connectivity index (χ1n) is 5.19. The van der Waals surface area contributed by atoms with Gasteiger partial charge in [0.15, 0.2) is 0 Å². The van der Waals surface area contributed by atoms with E-state index in [1.165, 1.54) is 0 Å². The molecule has 1 aliphatic rings. The van der Waals surface area contributed by atoms with Crippen molar-refractivity contribution in [3.63, 3.8) is 0 Å². The third-order valence-corrected chi connectivity index (χ3v) is 2.98. The quantitative estimate of drug-likeness (QED) is 0.722. The monoisotopic (exact) mass is 204 g/mol. The van der Waals surface area contributed by atoms with Gasteiger partial charge in [-0.05, 0) is 38.3 Å². The molecule has 0 atom stereocenters. The maximum atomic E-state index is 11.9. The van der Waals surface area contributed by atoms with Crippen molar-refractivity contribution in [3.8, 4) is 0 Å². The molecule has 0 heterocycles. The molecule has 0 saturated heterocycles. The molecule has 80 valence electrons. The molecule has 1 aliphatic carbocycles. The van der Waals surface area contributed by atoms with Gasteiger partial charge in [-0.1, -0.05) is 12.1 Å². The molecule has 1 saturated carbocycles. The molecule has 1 amide bonds. The topological polar surface area (TPSA) is 55.1 Å². The van der Waals surface area contributed by atoms with E-state index in [1.54, 1.807) is 6.07 Å². The van der Waals surface area contributed by atoms with Crippen LogP contribution in [0.3, 0.4) is 0 Å². The Kier molecular flexibility index (Phi) is 2.18. The lowest BCUT2D eigenvalue weighted by Crippen LogP contribution is -2.34. The van der Waals surface area contributed by atoms with Crippen molar-refractivity contribution < 1.29 is 4.79 Å². The van der Waals surface area contributed by atoms with Crippen LogP contribution >= 0.6 is 0 Å². The van der Waals surface area contributed by atoms with E-state index < -0.39 is 0 Å². The first kappa shape index (κ1) is 10.0. The first-order chi connectivity index (χ1) is 7.02. The molecule has 3 heteroatoms. The fourth-order valence-electron chi connectivity index (χ4n) is 1.53. The lowest BCUT2D eigenvalue weighted by atomic mass is 10.1. The van der Waals surface area contributed by atoms with Crippen LogP contribution in [0.15, 0.2) is 18.2 Å². The van der Waals surface area contributed by atoms with Crippen LogP contribution in [-0.2, 0) is 0 Å². The second-order valence-electron chi connectivity index (χ2n) is 4.55. The number of carbonyl (C=O) groups excluding carboxylic acids is 1. The Balaban J connectivity index is 2.21. The number of aryl methyl sites for hydroxylation is 1. The highest BCUT2D eigenvalue weighted by Gasteiger charge is 2.39. The summed E-state index contributed by atoms with van der Waals surface area (Å²) in [5.74, 6) is -0.0591. The van der Waals surface area contributed by atoms with Gasteiger partial charge in [0, 0.05) is 11.2 Å². The number of nitrogen functional groups attached to an aromatic ring is 1. The number of rotatable bonds is 2. The second kappa shape index (κ2) is 3.26. The van der Waals surface area contributed by atoms with Gasteiger partial charge in [-0.25, -0.2) is 0 Å². The molecule has 3 N–H and O–H groups in total. The van der Waals surface area contributed by atoms with Gasteiger partial charge in [0.2, 0.25) is 0 Å². The summed E-state index contributed by atoms with van der Waals surface area (Å²) in [7, 11) is 0. The summed E-state index contributed by atoms with van der Waals surface area (Å²) in [6.45, 7) is 3.96. The van der Waals surface area contributed by atoms with Gasteiger partial charge in [-0.2, -0.15) is 0 Å². The number of benzene rings is 1. The number of nitrogens with two attached hydrogens (primary N) is 1. The van der Waals surface area contributed by atoms with E-state index in [1.807, 2.05) is 19.1 Å². The van der Waals surface area contributed by atoms with Gasteiger partial charge in [0.25, 0.3) is 5.91 Å². The van der Waals surface area contributed by atoms with E-state index in [0.29, 0.717) is 11.3 Å². The van der Waals surface area contributed by atoms with Crippen molar-refractivity contribution in [1.82, 2.24) is 5.32 Å². The number of anilines is 1. The highest BCUT2D eigenvalue weighted by Crippen LogP contribution is 2.34. The maximum Gasteiger partial charge on any atom is 0.253 e. The van der Waals surface area contributed by atoms with Gasteiger partial charge >= 0.3 is 0 Å². The maximum absolute atomic E-state index is 11.9. The van der Waals surface area contributed by atoms with E-state index in [0.717, 1.165) is 18.4 Å². The summed E-state index contributed by atoms with van der Waals surface area (Å²) < 4.78 is 0. The Hall–Kier alpha value is -1.51. The van der Waals surface area contributed by atoms with Crippen molar-refractivity contribution in [2.75, 3.05) is 5.73 Å². The Morgan fingerprint density at radius 1 is 1.47 bits per heavy atom. The molecule has 15 heavy (non-hydrogen) atoms. The molecule has 0 unspecified atom stereocenters. The number of para-hydroxylation sites is 1. The Bertz CT molecular complexity index is 408. The van der Waals surface area contributed by atoms with Crippen molar-refractivity contribution in [2.45, 2.75) is 32.2 Å². The van der Waals surface area contributed by atoms with E-state index in [4.69, 9.17) is 5.73 Å². The minimum atomic E-state index is -0.0591. The minimum absolute atomic E-state index is 0.00721. The molecule has 0 aromatic heterocycles. The Morgan fingerprint density at radius 3 is 2.73 bits per heavy atom. The van der Waals surface area contributed by atoms with Gasteiger partial charge in [0.1, 0.15) is 0 Å². The second-order valence-corrected chi connectivity index (χ2v) is 4.55. The molecule has 0 aliphatic heterocycles. The SMILES string of the molecule is Cc1cccc(C(=O)NC2(C)CC2)c1N. The molecule has 2 rings (SSSR count). The van der Waals surface area contributed by atoms with Gasteiger partial charge in [-0.3, -0.25) is 4.79 Å². The highest BCUT2D eigenvalue weighted by atomic mass is 16.1. The zero-order chi connectivity index (χ0) is 11.1. The summed E-state index contributed by atoms with van der Waals surface area (Å²) in [6.07, 6.45) is 2.12. The van der Waals surface area contributed by atoms with Crippen LogP contribution in [-0.4, -0.2) is 11.4 Å². The lowest BCUT2D eigenvalue weighted by molar-refractivity contribution is 0.0936. The van der Waals surface area contributed by atoms with E-state index in [-0.39, 0.29) is 11.4 Å². The van der Waals surface area contributed by atoms with Crippen LogP contribution < -0.4 is 11.1 Å². The minimum Gasteiger partial charge on any atom is -0.398 e. The summed E-state index contributed by atoms with van der Waals surface area (Å²) in [5.41, 5.74) is 7.99. The number of nitrogens with one attached hydrogen (secondary N) is 1. The Morgan fingerprint density at radius 2 is 2.13 bits per heavy atom. The molecule has 0 radical (unpaired) electrons. The number of hydrogen-bond donors (Lipinski definition) is 2. The molecular formula is C12H16N2O. The molecular weight excluding hydrogens is 188 g/mol. The van der Waals surface area contributed by atoms with Crippen molar-refractivity contribution in [2.24, 2.45) is 0 Å². The fraction of sp³-hybridized carbons (Fsp3) is 0.417. The van der Waals surface area contributed by atoms with E-state index in [2.05, 4.69) is 12.2 Å². The summed E-state index contributed by atoms with van der Waals surface area (Å²) >= 11 is 0. The predicted molar refractivity (Wildman–Crippen MR) is 60.7 cm³/mol. The number of amides is 1. The average Bonchev–Trinajstić information content (AvgIpc) is 2.88. The predicted octanol–water partition coefficient (Wildman–Crippen LogP) is 1.86.